The summed E-state index contributed by atoms with van der Waals surface area (Å²) in [5.41, 5.74) is 0.828. The molecule has 0 aliphatic carbocycles. The molecule has 1 N–H and O–H groups in total. The average molecular weight is 220 g/mol. The van der Waals surface area contributed by atoms with Crippen LogP contribution in [0.3, 0.4) is 0 Å². The molecule has 1 unspecified atom stereocenters. The Hall–Kier alpha value is -1.55. The first kappa shape index (κ1) is 11.0. The van der Waals surface area contributed by atoms with Crippen LogP contribution in [0.15, 0.2) is 30.3 Å². The number of nitrogens with zero attached hydrogens (tertiary/aromatic N) is 2. The van der Waals surface area contributed by atoms with Gasteiger partial charge in [0.2, 0.25) is 0 Å². The number of hydrogen-bond acceptors (Lipinski definition) is 2. The molecule has 2 amide bonds. The van der Waals surface area contributed by atoms with Crippen LogP contribution >= 0.6 is 0 Å². The normalized spacial score (nSPS) is 21.0. The summed E-state index contributed by atoms with van der Waals surface area (Å²) in [4.78, 5) is 15.1. The Morgan fingerprint density at radius 3 is 2.44 bits per heavy atom. The highest BCUT2D eigenvalue weighted by molar-refractivity contribution is 5.94. The number of rotatable bonds is 2. The van der Waals surface area contributed by atoms with Gasteiger partial charge in [-0.15, -0.1) is 0 Å². The minimum atomic E-state index is -0.715. The van der Waals surface area contributed by atoms with Gasteiger partial charge in [-0.2, -0.15) is 0 Å². The second kappa shape index (κ2) is 4.14. The van der Waals surface area contributed by atoms with Gasteiger partial charge < -0.3 is 5.11 Å². The third kappa shape index (κ3) is 1.76. The van der Waals surface area contributed by atoms with E-state index in [4.69, 9.17) is 0 Å². The molecule has 0 aromatic heterocycles. The summed E-state index contributed by atoms with van der Waals surface area (Å²) in [5.74, 6) is 0. The average Bonchev–Trinajstić information content (AvgIpc) is 2.55. The number of anilines is 1. The van der Waals surface area contributed by atoms with E-state index in [9.17, 15) is 9.90 Å². The SMILES string of the molecule is CC(C)N1C(=O)N(c2ccccc2)CC1O. The van der Waals surface area contributed by atoms with Gasteiger partial charge in [-0.3, -0.25) is 9.80 Å². The lowest BCUT2D eigenvalue weighted by molar-refractivity contribution is 0.0472. The second-order valence-corrected chi connectivity index (χ2v) is 4.21. The Labute approximate surface area is 95.1 Å². The summed E-state index contributed by atoms with van der Waals surface area (Å²) in [6.45, 7) is 4.13. The van der Waals surface area contributed by atoms with E-state index >= 15 is 0 Å². The van der Waals surface area contributed by atoms with Crippen molar-refractivity contribution in [2.24, 2.45) is 0 Å². The zero-order chi connectivity index (χ0) is 11.7. The van der Waals surface area contributed by atoms with Crippen LogP contribution in [0.5, 0.6) is 0 Å². The predicted octanol–water partition coefficient (Wildman–Crippen LogP) is 1.66. The number of β-amino-alcohol motifs (C(OH)–C–C–N with tert-alkyl or cyclic N) is 1. The molecule has 1 aliphatic rings. The zero-order valence-electron chi connectivity index (χ0n) is 9.50. The topological polar surface area (TPSA) is 43.8 Å². The first-order valence-corrected chi connectivity index (χ1v) is 5.44. The molecule has 1 aromatic rings. The largest absolute Gasteiger partial charge is 0.372 e. The van der Waals surface area contributed by atoms with Crippen molar-refractivity contribution in [3.05, 3.63) is 30.3 Å². The molecule has 2 rings (SSSR count). The maximum atomic E-state index is 12.0. The fourth-order valence-corrected chi connectivity index (χ4v) is 1.99. The lowest BCUT2D eigenvalue weighted by atomic mass is 10.3. The molecule has 16 heavy (non-hydrogen) atoms. The number of urea groups is 1. The van der Waals surface area contributed by atoms with Gasteiger partial charge in [-0.25, -0.2) is 4.79 Å². The van der Waals surface area contributed by atoms with Crippen LogP contribution in [0, 0.1) is 0 Å². The molecule has 1 heterocycles. The van der Waals surface area contributed by atoms with Crippen molar-refractivity contribution in [1.29, 1.82) is 0 Å². The van der Waals surface area contributed by atoms with Gasteiger partial charge in [-0.1, -0.05) is 18.2 Å². The summed E-state index contributed by atoms with van der Waals surface area (Å²) < 4.78 is 0. The van der Waals surface area contributed by atoms with Gasteiger partial charge >= 0.3 is 6.03 Å². The maximum absolute atomic E-state index is 12.0. The van der Waals surface area contributed by atoms with Gasteiger partial charge in [0.05, 0.1) is 6.54 Å². The highest BCUT2D eigenvalue weighted by Gasteiger charge is 2.38. The van der Waals surface area contributed by atoms with Crippen LogP contribution in [0.1, 0.15) is 13.8 Å². The van der Waals surface area contributed by atoms with Crippen LogP contribution < -0.4 is 4.90 Å². The fourth-order valence-electron chi connectivity index (χ4n) is 1.99. The number of aliphatic hydroxyl groups excluding tert-OH is 1. The highest BCUT2D eigenvalue weighted by Crippen LogP contribution is 2.23. The van der Waals surface area contributed by atoms with E-state index in [1.807, 2.05) is 44.2 Å². The maximum Gasteiger partial charge on any atom is 0.326 e. The minimum absolute atomic E-state index is 0.0104. The van der Waals surface area contributed by atoms with Crippen molar-refractivity contribution in [2.75, 3.05) is 11.4 Å². The number of para-hydroxylation sites is 1. The molecule has 1 aromatic carbocycles. The summed E-state index contributed by atoms with van der Waals surface area (Å²) in [5, 5.41) is 9.82. The zero-order valence-corrected chi connectivity index (χ0v) is 9.50. The first-order chi connectivity index (χ1) is 7.61. The second-order valence-electron chi connectivity index (χ2n) is 4.21. The quantitative estimate of drug-likeness (QED) is 0.823. The predicted molar refractivity (Wildman–Crippen MR) is 62.2 cm³/mol. The van der Waals surface area contributed by atoms with Gasteiger partial charge in [0.15, 0.2) is 0 Å². The summed E-state index contributed by atoms with van der Waals surface area (Å²) in [6.07, 6.45) is -0.715. The van der Waals surface area contributed by atoms with Crippen LogP contribution in [0.2, 0.25) is 0 Å². The van der Waals surface area contributed by atoms with Crippen LogP contribution in [-0.2, 0) is 0 Å². The van der Waals surface area contributed by atoms with E-state index in [-0.39, 0.29) is 12.1 Å². The smallest absolute Gasteiger partial charge is 0.326 e. The Kier molecular flexibility index (Phi) is 2.83. The van der Waals surface area contributed by atoms with Gasteiger partial charge in [0.25, 0.3) is 0 Å². The monoisotopic (exact) mass is 220 g/mol. The number of carbonyl (C=O) groups excluding carboxylic acids is 1. The molecule has 0 spiro atoms. The van der Waals surface area contributed by atoms with E-state index in [2.05, 4.69) is 0 Å². The van der Waals surface area contributed by atoms with Crippen molar-refractivity contribution < 1.29 is 9.90 Å². The summed E-state index contributed by atoms with van der Waals surface area (Å²) >= 11 is 0. The molecule has 0 bridgehead atoms. The number of benzene rings is 1. The first-order valence-electron chi connectivity index (χ1n) is 5.44. The van der Waals surface area contributed by atoms with Crippen molar-refractivity contribution >= 4 is 11.7 Å². The number of amides is 2. The highest BCUT2D eigenvalue weighted by atomic mass is 16.3. The van der Waals surface area contributed by atoms with Crippen molar-refractivity contribution in [1.82, 2.24) is 4.90 Å². The molecule has 1 saturated heterocycles. The van der Waals surface area contributed by atoms with Gasteiger partial charge in [0.1, 0.15) is 6.23 Å². The summed E-state index contributed by atoms with van der Waals surface area (Å²) in [6, 6.07) is 9.29. The molecule has 1 aliphatic heterocycles. The molecule has 4 heteroatoms. The minimum Gasteiger partial charge on any atom is -0.372 e. The van der Waals surface area contributed by atoms with Gasteiger partial charge in [-0.05, 0) is 26.0 Å². The molecule has 0 radical (unpaired) electrons. The van der Waals surface area contributed by atoms with Crippen LogP contribution in [0.4, 0.5) is 10.5 Å². The molecule has 86 valence electrons. The van der Waals surface area contributed by atoms with E-state index < -0.39 is 6.23 Å². The van der Waals surface area contributed by atoms with E-state index in [0.717, 1.165) is 5.69 Å². The Bertz CT molecular complexity index is 378. The molecule has 0 saturated carbocycles. The summed E-state index contributed by atoms with van der Waals surface area (Å²) in [7, 11) is 0. The van der Waals surface area contributed by atoms with Crippen molar-refractivity contribution in [3.8, 4) is 0 Å². The fraction of sp³-hybridized carbons (Fsp3) is 0.417. The Balaban J connectivity index is 2.24. The van der Waals surface area contributed by atoms with Crippen molar-refractivity contribution in [3.63, 3.8) is 0 Å². The van der Waals surface area contributed by atoms with Gasteiger partial charge in [0, 0.05) is 11.7 Å². The van der Waals surface area contributed by atoms with E-state index in [1.165, 1.54) is 4.90 Å². The Morgan fingerprint density at radius 1 is 1.31 bits per heavy atom. The standard InChI is InChI=1S/C12H16N2O2/c1-9(2)14-11(15)8-13(12(14)16)10-6-4-3-5-7-10/h3-7,9,11,15H,8H2,1-2H3. The number of hydrogen-bond donors (Lipinski definition) is 1. The van der Waals surface area contributed by atoms with Crippen LogP contribution in [-0.4, -0.2) is 34.9 Å². The molecule has 1 atom stereocenters. The third-order valence-electron chi connectivity index (χ3n) is 2.74. The van der Waals surface area contributed by atoms with Crippen molar-refractivity contribution in [2.45, 2.75) is 26.1 Å². The molecular weight excluding hydrogens is 204 g/mol. The Morgan fingerprint density at radius 2 is 1.94 bits per heavy atom. The number of aliphatic hydroxyl groups is 1. The van der Waals surface area contributed by atoms with E-state index in [1.54, 1.807) is 4.90 Å². The van der Waals surface area contributed by atoms with Crippen LogP contribution in [0.25, 0.3) is 0 Å². The van der Waals surface area contributed by atoms with E-state index in [0.29, 0.717) is 6.54 Å². The molecular formula is C12H16N2O2. The third-order valence-corrected chi connectivity index (χ3v) is 2.74. The number of carbonyl (C=O) groups is 1. The lowest BCUT2D eigenvalue weighted by Crippen LogP contribution is -2.40. The lowest BCUT2D eigenvalue weighted by Gasteiger charge is -2.23. The molecule has 4 nitrogen and oxygen atoms in total. The molecule has 1 fully saturated rings.